The molecule has 0 aromatic heterocycles. The van der Waals surface area contributed by atoms with Crippen LogP contribution < -0.4 is 104 Å². The Hall–Kier alpha value is 2.12. The van der Waals surface area contributed by atoms with Crippen LogP contribution in [-0.2, 0) is 25.1 Å². The van der Waals surface area contributed by atoms with E-state index in [9.17, 15) is 43.4 Å². The number of alkyl halides is 2. The SMILES string of the molecule is N[C@@H](Cc1ccc([N+](C=O)(CCCl)CCCl)cc1)C(=O)NC1(CCC(O)(P(=O)(O)O)P(=O)(O)O)CCCCC1.[H-].[H-].[H-].[Na+].[Na+].[Na+]. The second kappa shape index (κ2) is 19.8. The van der Waals surface area contributed by atoms with Crippen LogP contribution in [0.5, 0.6) is 0 Å². The number of hydrogen-bond donors (Lipinski definition) is 7. The average molecular weight is 705 g/mol. The molecule has 19 heteroatoms. The van der Waals surface area contributed by atoms with Crippen molar-refractivity contribution in [1.29, 1.82) is 0 Å². The predicted molar refractivity (Wildman–Crippen MR) is 153 cm³/mol. The van der Waals surface area contributed by atoms with Crippen LogP contribution in [0.2, 0.25) is 0 Å². The molecule has 1 fully saturated rings. The van der Waals surface area contributed by atoms with E-state index in [0.29, 0.717) is 44.5 Å². The number of aliphatic hydroxyl groups is 1. The summed E-state index contributed by atoms with van der Waals surface area (Å²) in [5, 5.41) is 9.62. The van der Waals surface area contributed by atoms with Crippen LogP contribution in [0.15, 0.2) is 24.3 Å². The Labute approximate surface area is 327 Å². The van der Waals surface area contributed by atoms with E-state index in [-0.39, 0.29) is 122 Å². The van der Waals surface area contributed by atoms with Crippen LogP contribution in [0.1, 0.15) is 54.8 Å². The molecule has 0 unspecified atom stereocenters. The third-order valence-corrected chi connectivity index (χ3v) is 11.7. The van der Waals surface area contributed by atoms with Crippen molar-refractivity contribution in [2.45, 2.75) is 68.0 Å². The molecule has 1 aromatic rings. The molecule has 0 spiro atoms. The van der Waals surface area contributed by atoms with E-state index in [1.807, 2.05) is 0 Å². The number of carbonyl (C=O) groups is 2. The van der Waals surface area contributed by atoms with Gasteiger partial charge in [0.25, 0.3) is 5.08 Å². The summed E-state index contributed by atoms with van der Waals surface area (Å²) in [5.41, 5.74) is 6.55. The summed E-state index contributed by atoms with van der Waals surface area (Å²) in [6, 6.07) is 5.99. The molecular weight excluding hydrogens is 664 g/mol. The van der Waals surface area contributed by atoms with Crippen molar-refractivity contribution >= 4 is 56.4 Å². The first-order valence-corrected chi connectivity index (χ1v) is 16.8. The Bertz CT molecular complexity index is 1080. The van der Waals surface area contributed by atoms with E-state index >= 15 is 0 Å². The molecule has 8 N–H and O–H groups in total. The van der Waals surface area contributed by atoms with Crippen molar-refractivity contribution in [3.63, 3.8) is 0 Å². The molecule has 2 amide bonds. The van der Waals surface area contributed by atoms with Gasteiger partial charge in [-0.05, 0) is 43.4 Å². The normalized spacial score (nSPS) is 16.2. The van der Waals surface area contributed by atoms with Crippen molar-refractivity contribution in [3.8, 4) is 0 Å². The van der Waals surface area contributed by atoms with Gasteiger partial charge in [-0.2, -0.15) is 0 Å². The van der Waals surface area contributed by atoms with Crippen molar-refractivity contribution in [2.24, 2.45) is 5.73 Å². The summed E-state index contributed by atoms with van der Waals surface area (Å²) in [5.74, 6) is -0.0347. The van der Waals surface area contributed by atoms with Crippen molar-refractivity contribution in [3.05, 3.63) is 29.8 Å². The van der Waals surface area contributed by atoms with E-state index in [1.54, 1.807) is 24.3 Å². The molecule has 0 bridgehead atoms. The smallest absolute Gasteiger partial charge is 1.00 e. The Kier molecular flexibility index (Phi) is 21.8. The minimum absolute atomic E-state index is 0. The molecular formula is C23H41Cl2N3Na3O9P2+. The fraction of sp³-hybridized carbons (Fsp3) is 0.652. The van der Waals surface area contributed by atoms with Crippen LogP contribution >= 0.6 is 38.4 Å². The molecule has 228 valence electrons. The summed E-state index contributed by atoms with van der Waals surface area (Å²) in [6.07, 6.45) is 2.73. The van der Waals surface area contributed by atoms with Crippen LogP contribution in [0.3, 0.4) is 0 Å². The molecule has 12 nitrogen and oxygen atoms in total. The monoisotopic (exact) mass is 704 g/mol. The Morgan fingerprint density at radius 1 is 1.02 bits per heavy atom. The minimum Gasteiger partial charge on any atom is -1.00 e. The zero-order valence-electron chi connectivity index (χ0n) is 27.5. The first kappa shape index (κ1) is 46.2. The number of benzene rings is 1. The van der Waals surface area contributed by atoms with Crippen molar-refractivity contribution in [1.82, 2.24) is 9.80 Å². The van der Waals surface area contributed by atoms with Gasteiger partial charge in [0.1, 0.15) is 18.8 Å². The van der Waals surface area contributed by atoms with Crippen molar-refractivity contribution in [2.75, 3.05) is 24.8 Å². The average Bonchev–Trinajstić information content (AvgIpc) is 2.86. The summed E-state index contributed by atoms with van der Waals surface area (Å²) < 4.78 is 23.6. The largest absolute Gasteiger partial charge is 1.00 e. The summed E-state index contributed by atoms with van der Waals surface area (Å²) >= 11 is 11.8. The van der Waals surface area contributed by atoms with Crippen LogP contribution in [0.4, 0.5) is 5.69 Å². The zero-order valence-corrected chi connectivity index (χ0v) is 33.8. The number of amides is 2. The summed E-state index contributed by atoms with van der Waals surface area (Å²) in [6.45, 7) is 0.723. The molecule has 1 atom stereocenters. The van der Waals surface area contributed by atoms with Gasteiger partial charge >= 0.3 is 110 Å². The second-order valence-electron chi connectivity index (χ2n) is 10.1. The summed E-state index contributed by atoms with van der Waals surface area (Å²) in [7, 11) is -11.2. The number of quaternary nitrogens is 1. The number of nitrogens with zero attached hydrogens (tertiary/aromatic N) is 1. The molecule has 1 aliphatic rings. The molecule has 2 rings (SSSR count). The van der Waals surface area contributed by atoms with E-state index in [1.165, 1.54) is 0 Å². The van der Waals surface area contributed by atoms with Gasteiger partial charge < -0.3 is 40.0 Å². The van der Waals surface area contributed by atoms with E-state index in [2.05, 4.69) is 5.32 Å². The van der Waals surface area contributed by atoms with Gasteiger partial charge in [0.2, 0.25) is 5.91 Å². The molecule has 0 aliphatic heterocycles. The zero-order chi connectivity index (χ0) is 29.5. The first-order chi connectivity index (χ1) is 18.1. The number of hydrogen-bond acceptors (Lipinski definition) is 6. The maximum Gasteiger partial charge on any atom is 1.00 e. The van der Waals surface area contributed by atoms with Crippen LogP contribution in [0.25, 0.3) is 0 Å². The van der Waals surface area contributed by atoms with E-state index in [4.69, 9.17) is 28.9 Å². The summed E-state index contributed by atoms with van der Waals surface area (Å²) in [4.78, 5) is 63.0. The Morgan fingerprint density at radius 2 is 1.50 bits per heavy atom. The standard InChI is InChI=1S/C23H37Cl2N3O9P2.3Na.3H/c24-12-14-28(17-29,15-13-25)19-6-4-18(5-7-19)16-20(26)21(30)27-22(8-2-1-3-9-22)10-11-23(31,38(32,33)34)39(35,36)37;;;;;;/h4-7,17,20,31H,1-3,8-16,26H2,(H4-,27,30,32,33,34,35,36,37);;;;;;/q;3*+1;3*-1/p+1/t20-;;;;;;/m0....../s1. The molecule has 0 radical (unpaired) electrons. The quantitative estimate of drug-likeness (QED) is 0.0302. The first-order valence-electron chi connectivity index (χ1n) is 12.5. The fourth-order valence-electron chi connectivity index (χ4n) is 5.00. The van der Waals surface area contributed by atoms with Gasteiger partial charge in [-0.15, -0.1) is 23.2 Å². The maximum atomic E-state index is 13.1. The molecule has 0 heterocycles. The van der Waals surface area contributed by atoms with E-state index in [0.717, 1.165) is 18.4 Å². The van der Waals surface area contributed by atoms with E-state index < -0.39 is 44.2 Å². The van der Waals surface area contributed by atoms with Gasteiger partial charge in [0.15, 0.2) is 0 Å². The predicted octanol–water partition coefficient (Wildman–Crippen LogP) is -6.55. The third-order valence-electron chi connectivity index (χ3n) is 7.48. The van der Waals surface area contributed by atoms with Crippen molar-refractivity contribution < 1.29 is 136 Å². The molecule has 1 saturated carbocycles. The number of nitrogens with one attached hydrogen (secondary N) is 1. The van der Waals surface area contributed by atoms with Gasteiger partial charge in [0.05, 0.1) is 17.8 Å². The second-order valence-corrected chi connectivity index (χ2v) is 14.9. The Morgan fingerprint density at radius 3 is 1.90 bits per heavy atom. The number of rotatable bonds is 15. The fourth-order valence-corrected chi connectivity index (χ4v) is 7.77. The molecule has 42 heavy (non-hydrogen) atoms. The topological polar surface area (TPSA) is 207 Å². The Balaban J connectivity index is -0.000000889. The van der Waals surface area contributed by atoms with Gasteiger partial charge in [-0.25, -0.2) is 9.28 Å². The number of nitrogens with two attached hydrogens (primary N) is 1. The van der Waals surface area contributed by atoms with Gasteiger partial charge in [-0.1, -0.05) is 31.4 Å². The van der Waals surface area contributed by atoms with Crippen LogP contribution in [-0.4, -0.2) is 78.5 Å². The minimum atomic E-state index is -5.62. The molecule has 1 aliphatic carbocycles. The van der Waals surface area contributed by atoms with Crippen LogP contribution in [0, 0.1) is 0 Å². The van der Waals surface area contributed by atoms with Gasteiger partial charge in [-0.3, -0.25) is 13.9 Å². The van der Waals surface area contributed by atoms with Gasteiger partial charge in [0, 0.05) is 12.0 Å². The maximum absolute atomic E-state index is 13.1. The number of carbonyl (C=O) groups excluding carboxylic acids is 2. The third kappa shape index (κ3) is 12.0. The molecule has 1 aromatic carbocycles. The number of halogens is 2. The molecule has 0 saturated heterocycles.